The van der Waals surface area contributed by atoms with Crippen LogP contribution < -0.4 is 0 Å². The molecule has 0 saturated heterocycles. The fourth-order valence-electron chi connectivity index (χ4n) is 3.52. The molecule has 0 N–H and O–H groups in total. The summed E-state index contributed by atoms with van der Waals surface area (Å²) >= 11 is 0. The molecule has 136 valence electrons. The number of rotatable bonds is 4. The third-order valence-electron chi connectivity index (χ3n) is 5.99. The highest BCUT2D eigenvalue weighted by molar-refractivity contribution is 6.74. The lowest BCUT2D eigenvalue weighted by Gasteiger charge is -2.43. The first-order valence-corrected chi connectivity index (χ1v) is 12.0. The predicted molar refractivity (Wildman–Crippen MR) is 97.2 cm³/mol. The van der Waals surface area contributed by atoms with E-state index in [4.69, 9.17) is 9.16 Å². The highest BCUT2D eigenvalue weighted by Crippen LogP contribution is 2.42. The zero-order valence-electron chi connectivity index (χ0n) is 15.9. The summed E-state index contributed by atoms with van der Waals surface area (Å²) in [5.74, 6) is 0.183. The maximum absolute atomic E-state index is 12.5. The third-order valence-corrected chi connectivity index (χ3v) is 10.5. The number of fused-ring (bicyclic) bond motifs is 1. The van der Waals surface area contributed by atoms with Gasteiger partial charge in [-0.1, -0.05) is 26.8 Å². The molecule has 0 unspecified atom stereocenters. The molecular formula is C19H32O4Si. The van der Waals surface area contributed by atoms with Crippen LogP contribution in [0, 0.1) is 17.8 Å². The van der Waals surface area contributed by atoms with Gasteiger partial charge in [0.05, 0.1) is 5.92 Å². The van der Waals surface area contributed by atoms with Crippen molar-refractivity contribution >= 4 is 20.1 Å². The Kier molecular flexibility index (Phi) is 5.75. The Morgan fingerprint density at radius 2 is 1.96 bits per heavy atom. The Morgan fingerprint density at radius 1 is 1.29 bits per heavy atom. The highest BCUT2D eigenvalue weighted by Gasteiger charge is 2.45. The maximum Gasteiger partial charge on any atom is 0.303 e. The fourth-order valence-corrected chi connectivity index (χ4v) is 4.57. The first kappa shape index (κ1) is 19.4. The second kappa shape index (κ2) is 7.12. The highest BCUT2D eigenvalue weighted by atomic mass is 28.4. The van der Waals surface area contributed by atoms with E-state index in [-0.39, 0.29) is 34.5 Å². The molecule has 5 heteroatoms. The first-order valence-electron chi connectivity index (χ1n) is 9.05. The average Bonchev–Trinajstić information content (AvgIpc) is 2.44. The minimum absolute atomic E-state index is 0.174. The lowest BCUT2D eigenvalue weighted by molar-refractivity contribution is -0.152. The van der Waals surface area contributed by atoms with Crippen LogP contribution in [0.1, 0.15) is 47.0 Å². The van der Waals surface area contributed by atoms with Crippen LogP contribution in [-0.2, 0) is 18.8 Å². The van der Waals surface area contributed by atoms with Gasteiger partial charge in [-0.05, 0) is 43.0 Å². The Morgan fingerprint density at radius 3 is 2.54 bits per heavy atom. The molecule has 4 atom stereocenters. The van der Waals surface area contributed by atoms with Gasteiger partial charge in [0.25, 0.3) is 0 Å². The van der Waals surface area contributed by atoms with Crippen molar-refractivity contribution in [2.45, 2.75) is 71.2 Å². The van der Waals surface area contributed by atoms with Crippen molar-refractivity contribution in [1.82, 2.24) is 0 Å². The summed E-state index contributed by atoms with van der Waals surface area (Å²) in [5, 5.41) is 0.174. The van der Waals surface area contributed by atoms with Gasteiger partial charge in [0.15, 0.2) is 8.32 Å². The fraction of sp³-hybridized carbons (Fsp3) is 0.789. The quantitative estimate of drug-likeness (QED) is 0.434. The van der Waals surface area contributed by atoms with E-state index >= 15 is 0 Å². The number of hydrogen-bond acceptors (Lipinski definition) is 4. The van der Waals surface area contributed by atoms with Gasteiger partial charge in [-0.2, -0.15) is 0 Å². The Bertz CT molecular complexity index is 518. The molecule has 0 bridgehead atoms. The molecule has 24 heavy (non-hydrogen) atoms. The summed E-state index contributed by atoms with van der Waals surface area (Å²) in [6, 6.07) is 0. The van der Waals surface area contributed by atoms with Crippen molar-refractivity contribution in [2.75, 3.05) is 6.61 Å². The molecule has 0 aromatic carbocycles. The van der Waals surface area contributed by atoms with Crippen molar-refractivity contribution in [2.24, 2.45) is 17.8 Å². The molecule has 1 fully saturated rings. The largest absolute Gasteiger partial charge is 0.458 e. The van der Waals surface area contributed by atoms with Gasteiger partial charge < -0.3 is 9.16 Å². The smallest absolute Gasteiger partial charge is 0.303 e. The molecule has 2 rings (SSSR count). The summed E-state index contributed by atoms with van der Waals surface area (Å²) in [4.78, 5) is 23.8. The molecule has 2 aliphatic carbocycles. The van der Waals surface area contributed by atoms with E-state index in [0.29, 0.717) is 13.0 Å². The second-order valence-corrected chi connectivity index (χ2v) is 13.6. The number of esters is 1. The van der Waals surface area contributed by atoms with Crippen molar-refractivity contribution in [3.8, 4) is 0 Å². The molecule has 0 heterocycles. The van der Waals surface area contributed by atoms with Crippen molar-refractivity contribution in [3.05, 3.63) is 12.2 Å². The number of ketones is 1. The first-order chi connectivity index (χ1) is 11.0. The third kappa shape index (κ3) is 4.17. The minimum atomic E-state index is -1.81. The average molecular weight is 353 g/mol. The number of carbonyl (C=O) groups is 2. The summed E-state index contributed by atoms with van der Waals surface area (Å²) in [6.07, 6.45) is 6.15. The molecule has 0 spiro atoms. The van der Waals surface area contributed by atoms with Crippen molar-refractivity contribution < 1.29 is 18.8 Å². The van der Waals surface area contributed by atoms with Crippen LogP contribution in [0.25, 0.3) is 0 Å². The van der Waals surface area contributed by atoms with E-state index in [2.05, 4.69) is 39.9 Å². The van der Waals surface area contributed by atoms with E-state index in [1.54, 1.807) is 0 Å². The summed E-state index contributed by atoms with van der Waals surface area (Å²) in [6.45, 7) is 13.3. The van der Waals surface area contributed by atoms with Gasteiger partial charge in [0.2, 0.25) is 0 Å². The summed E-state index contributed by atoms with van der Waals surface area (Å²) in [5.41, 5.74) is 0. The molecule has 4 nitrogen and oxygen atoms in total. The van der Waals surface area contributed by atoms with Crippen LogP contribution >= 0.6 is 0 Å². The zero-order valence-corrected chi connectivity index (χ0v) is 16.9. The van der Waals surface area contributed by atoms with Crippen LogP contribution in [0.15, 0.2) is 12.2 Å². The standard InChI is InChI=1S/C19H32O4Si/c1-13(20)23-17-11-10-14(12-22-24(5,6)19(2,3)4)15-8-7-9-16(21)18(15)17/h10-11,14-15,17-18H,7-9,12H2,1-6H3/t14-,15-,17-,18+/m1/s1. The van der Waals surface area contributed by atoms with Gasteiger partial charge >= 0.3 is 5.97 Å². The SMILES string of the molecule is CC(=O)O[C@@H]1C=C[C@H](CO[Si](C)(C)C(C)(C)C)[C@H]2CCCC(=O)[C@H]21. The van der Waals surface area contributed by atoms with Crippen LogP contribution in [0.2, 0.25) is 18.1 Å². The van der Waals surface area contributed by atoms with Crippen LogP contribution in [0.3, 0.4) is 0 Å². The van der Waals surface area contributed by atoms with Gasteiger partial charge in [-0.3, -0.25) is 9.59 Å². The minimum Gasteiger partial charge on any atom is -0.458 e. The van der Waals surface area contributed by atoms with Crippen molar-refractivity contribution in [1.29, 1.82) is 0 Å². The topological polar surface area (TPSA) is 52.6 Å². The van der Waals surface area contributed by atoms with Gasteiger partial charge in [-0.25, -0.2) is 0 Å². The Labute approximate surface area is 147 Å². The normalized spacial score (nSPS) is 30.8. The van der Waals surface area contributed by atoms with E-state index in [0.717, 1.165) is 12.8 Å². The van der Waals surface area contributed by atoms with Gasteiger partial charge in [-0.15, -0.1) is 0 Å². The predicted octanol–water partition coefficient (Wildman–Crippen LogP) is 4.11. The molecular weight excluding hydrogens is 320 g/mol. The molecule has 0 amide bonds. The van der Waals surface area contributed by atoms with Crippen LogP contribution in [0.4, 0.5) is 0 Å². The lowest BCUT2D eigenvalue weighted by Crippen LogP contribution is -2.47. The van der Waals surface area contributed by atoms with E-state index < -0.39 is 14.4 Å². The molecule has 2 aliphatic rings. The molecule has 0 aromatic heterocycles. The monoisotopic (exact) mass is 352 g/mol. The number of ether oxygens (including phenoxy) is 1. The van der Waals surface area contributed by atoms with Gasteiger partial charge in [0, 0.05) is 25.9 Å². The van der Waals surface area contributed by atoms with Crippen LogP contribution in [-0.4, -0.2) is 32.8 Å². The zero-order chi connectivity index (χ0) is 18.1. The molecule has 0 aromatic rings. The number of Topliss-reactive ketones (excluding diaryl/α,β-unsaturated/α-hetero) is 1. The Balaban J connectivity index is 2.14. The van der Waals surface area contributed by atoms with Crippen molar-refractivity contribution in [3.63, 3.8) is 0 Å². The number of hydrogen-bond donors (Lipinski definition) is 0. The number of carbonyl (C=O) groups excluding carboxylic acids is 2. The second-order valence-electron chi connectivity index (χ2n) is 8.74. The van der Waals surface area contributed by atoms with E-state index in [9.17, 15) is 9.59 Å². The lowest BCUT2D eigenvalue weighted by atomic mass is 9.66. The van der Waals surface area contributed by atoms with E-state index in [1.165, 1.54) is 6.92 Å². The molecule has 0 aliphatic heterocycles. The molecule has 0 radical (unpaired) electrons. The Hall–Kier alpha value is -0.943. The van der Waals surface area contributed by atoms with Gasteiger partial charge in [0.1, 0.15) is 11.9 Å². The summed E-state index contributed by atoms with van der Waals surface area (Å²) in [7, 11) is -1.81. The molecule has 1 saturated carbocycles. The van der Waals surface area contributed by atoms with Crippen LogP contribution in [0.5, 0.6) is 0 Å². The maximum atomic E-state index is 12.5. The van der Waals surface area contributed by atoms with E-state index in [1.807, 2.05) is 6.08 Å². The summed E-state index contributed by atoms with van der Waals surface area (Å²) < 4.78 is 11.8.